The summed E-state index contributed by atoms with van der Waals surface area (Å²) in [5.74, 6) is -0.0860. The average Bonchev–Trinajstić information content (AvgIpc) is 2.44. The lowest BCUT2D eigenvalue weighted by molar-refractivity contribution is -0.116. The second-order valence-electron chi connectivity index (χ2n) is 4.73. The highest BCUT2D eigenvalue weighted by molar-refractivity contribution is 9.10. The molecule has 0 bridgehead atoms. The number of rotatable bonds is 4. The Hall–Kier alpha value is -1.65. The van der Waals surface area contributed by atoms with Gasteiger partial charge < -0.3 is 11.1 Å². The van der Waals surface area contributed by atoms with Crippen LogP contribution >= 0.6 is 15.9 Å². The van der Waals surface area contributed by atoms with E-state index in [0.717, 1.165) is 21.3 Å². The van der Waals surface area contributed by atoms with Crippen molar-refractivity contribution < 1.29 is 4.79 Å². The quantitative estimate of drug-likeness (QED) is 0.894. The van der Waals surface area contributed by atoms with Crippen LogP contribution in [0.15, 0.2) is 53.0 Å². The molecular weight excluding hydrogens is 316 g/mol. The molecule has 0 saturated heterocycles. The molecule has 0 aromatic heterocycles. The molecule has 0 saturated carbocycles. The largest absolute Gasteiger partial charge is 0.326 e. The zero-order valence-corrected chi connectivity index (χ0v) is 12.9. The van der Waals surface area contributed by atoms with Crippen LogP contribution < -0.4 is 11.1 Å². The minimum atomic E-state index is -0.287. The maximum absolute atomic E-state index is 12.0. The lowest BCUT2D eigenvalue weighted by Gasteiger charge is -2.12. The average molecular weight is 333 g/mol. The number of amides is 1. The summed E-state index contributed by atoms with van der Waals surface area (Å²) in [6.07, 6.45) is 0.259. The summed E-state index contributed by atoms with van der Waals surface area (Å²) >= 11 is 3.45. The highest BCUT2D eigenvalue weighted by Gasteiger charge is 2.11. The van der Waals surface area contributed by atoms with E-state index in [2.05, 4.69) is 21.2 Å². The summed E-state index contributed by atoms with van der Waals surface area (Å²) < 4.78 is 0.975. The topological polar surface area (TPSA) is 55.1 Å². The third-order valence-corrected chi connectivity index (χ3v) is 3.94. The monoisotopic (exact) mass is 332 g/mol. The first-order valence-corrected chi connectivity index (χ1v) is 7.22. The second kappa shape index (κ2) is 6.68. The van der Waals surface area contributed by atoms with Crippen molar-refractivity contribution in [2.45, 2.75) is 19.4 Å². The molecule has 20 heavy (non-hydrogen) atoms. The maximum Gasteiger partial charge on any atom is 0.226 e. The number of nitrogens with one attached hydrogen (secondary N) is 1. The van der Waals surface area contributed by atoms with Gasteiger partial charge in [-0.05, 0) is 30.2 Å². The fourth-order valence-electron chi connectivity index (χ4n) is 1.90. The standard InChI is InChI=1S/C16H17BrN2O/c1-11-7-8-13(9-14(11)17)19-16(20)10-15(18)12-5-3-2-4-6-12/h2-9,15H,10,18H2,1H3,(H,19,20). The second-order valence-corrected chi connectivity index (χ2v) is 5.59. The first-order valence-electron chi connectivity index (χ1n) is 6.43. The van der Waals surface area contributed by atoms with Crippen molar-refractivity contribution in [3.63, 3.8) is 0 Å². The van der Waals surface area contributed by atoms with Crippen molar-refractivity contribution >= 4 is 27.5 Å². The molecule has 0 aliphatic rings. The number of hydrogen-bond acceptors (Lipinski definition) is 2. The van der Waals surface area contributed by atoms with Gasteiger partial charge in [0, 0.05) is 22.6 Å². The third-order valence-electron chi connectivity index (χ3n) is 3.09. The van der Waals surface area contributed by atoms with Gasteiger partial charge >= 0.3 is 0 Å². The van der Waals surface area contributed by atoms with Gasteiger partial charge in [-0.1, -0.05) is 52.3 Å². The van der Waals surface area contributed by atoms with E-state index in [4.69, 9.17) is 5.73 Å². The van der Waals surface area contributed by atoms with Crippen LogP contribution in [0.5, 0.6) is 0 Å². The molecule has 4 heteroatoms. The van der Waals surface area contributed by atoms with Crippen LogP contribution in [0.2, 0.25) is 0 Å². The van der Waals surface area contributed by atoms with Crippen molar-refractivity contribution in [3.05, 3.63) is 64.1 Å². The number of hydrogen-bond donors (Lipinski definition) is 2. The number of carbonyl (C=O) groups excluding carboxylic acids is 1. The van der Waals surface area contributed by atoms with Gasteiger partial charge in [-0.25, -0.2) is 0 Å². The highest BCUT2D eigenvalue weighted by atomic mass is 79.9. The van der Waals surface area contributed by atoms with Gasteiger partial charge in [-0.15, -0.1) is 0 Å². The Morgan fingerprint density at radius 1 is 1.25 bits per heavy atom. The van der Waals surface area contributed by atoms with E-state index in [1.54, 1.807) is 0 Å². The van der Waals surface area contributed by atoms with Gasteiger partial charge in [-0.2, -0.15) is 0 Å². The van der Waals surface area contributed by atoms with Gasteiger partial charge in [0.1, 0.15) is 0 Å². The maximum atomic E-state index is 12.0. The Morgan fingerprint density at radius 2 is 1.95 bits per heavy atom. The molecule has 1 amide bonds. The van der Waals surface area contributed by atoms with E-state index < -0.39 is 0 Å². The number of carbonyl (C=O) groups is 1. The zero-order valence-electron chi connectivity index (χ0n) is 11.3. The fraction of sp³-hybridized carbons (Fsp3) is 0.188. The minimum absolute atomic E-state index is 0.0860. The number of anilines is 1. The Labute approximate surface area is 127 Å². The summed E-state index contributed by atoms with van der Waals surface area (Å²) in [6.45, 7) is 2.00. The summed E-state index contributed by atoms with van der Waals surface area (Å²) in [7, 11) is 0. The van der Waals surface area contributed by atoms with Gasteiger partial charge in [0.15, 0.2) is 0 Å². The predicted octanol–water partition coefficient (Wildman–Crippen LogP) is 3.79. The Bertz CT molecular complexity index is 599. The molecule has 0 fully saturated rings. The van der Waals surface area contributed by atoms with Gasteiger partial charge in [-0.3, -0.25) is 4.79 Å². The molecular formula is C16H17BrN2O. The number of nitrogens with two attached hydrogens (primary N) is 1. The van der Waals surface area contributed by atoms with Gasteiger partial charge in [0.2, 0.25) is 5.91 Å². The normalized spacial score (nSPS) is 11.9. The number of aryl methyl sites for hydroxylation is 1. The predicted molar refractivity (Wildman–Crippen MR) is 85.5 cm³/mol. The number of benzene rings is 2. The van der Waals surface area contributed by atoms with Crippen LogP contribution in [0.25, 0.3) is 0 Å². The van der Waals surface area contributed by atoms with Crippen molar-refractivity contribution in [2.24, 2.45) is 5.73 Å². The minimum Gasteiger partial charge on any atom is -0.326 e. The molecule has 0 heterocycles. The Kier molecular flexibility index (Phi) is 4.93. The third kappa shape index (κ3) is 3.92. The molecule has 1 unspecified atom stereocenters. The van der Waals surface area contributed by atoms with E-state index in [1.807, 2.05) is 55.5 Å². The molecule has 2 aromatic carbocycles. The van der Waals surface area contributed by atoms with Crippen LogP contribution in [0, 0.1) is 6.92 Å². The molecule has 0 aliphatic carbocycles. The summed E-state index contributed by atoms with van der Waals surface area (Å²) in [5, 5.41) is 2.86. The first-order chi connectivity index (χ1) is 9.56. The van der Waals surface area contributed by atoms with E-state index in [1.165, 1.54) is 0 Å². The molecule has 3 nitrogen and oxygen atoms in total. The van der Waals surface area contributed by atoms with Crippen molar-refractivity contribution in [1.29, 1.82) is 0 Å². The van der Waals surface area contributed by atoms with Crippen LogP contribution in [0.1, 0.15) is 23.6 Å². The lowest BCUT2D eigenvalue weighted by atomic mass is 10.0. The molecule has 0 aliphatic heterocycles. The first kappa shape index (κ1) is 14.8. The molecule has 0 spiro atoms. The Morgan fingerprint density at radius 3 is 2.60 bits per heavy atom. The molecule has 104 valence electrons. The van der Waals surface area contributed by atoms with E-state index in [0.29, 0.717) is 0 Å². The Balaban J connectivity index is 1.97. The molecule has 2 rings (SSSR count). The molecule has 2 aromatic rings. The van der Waals surface area contributed by atoms with Crippen LogP contribution in [0.4, 0.5) is 5.69 Å². The van der Waals surface area contributed by atoms with Crippen LogP contribution in [-0.4, -0.2) is 5.91 Å². The van der Waals surface area contributed by atoms with E-state index in [9.17, 15) is 4.79 Å². The summed E-state index contributed by atoms with van der Waals surface area (Å²) in [6, 6.07) is 15.1. The van der Waals surface area contributed by atoms with Gasteiger partial charge in [0.25, 0.3) is 0 Å². The highest BCUT2D eigenvalue weighted by Crippen LogP contribution is 2.21. The molecule has 1 atom stereocenters. The number of halogens is 1. The van der Waals surface area contributed by atoms with Gasteiger partial charge in [0.05, 0.1) is 0 Å². The van der Waals surface area contributed by atoms with E-state index in [-0.39, 0.29) is 18.4 Å². The SMILES string of the molecule is Cc1ccc(NC(=O)CC(N)c2ccccc2)cc1Br. The smallest absolute Gasteiger partial charge is 0.226 e. The molecule has 0 radical (unpaired) electrons. The summed E-state index contributed by atoms with van der Waals surface area (Å²) in [5.41, 5.74) is 8.90. The van der Waals surface area contributed by atoms with Crippen LogP contribution in [0.3, 0.4) is 0 Å². The molecule has 3 N–H and O–H groups in total. The van der Waals surface area contributed by atoms with Crippen LogP contribution in [-0.2, 0) is 4.79 Å². The lowest BCUT2D eigenvalue weighted by Crippen LogP contribution is -2.20. The van der Waals surface area contributed by atoms with Crippen molar-refractivity contribution in [2.75, 3.05) is 5.32 Å². The fourth-order valence-corrected chi connectivity index (χ4v) is 2.28. The summed E-state index contributed by atoms with van der Waals surface area (Å²) in [4.78, 5) is 12.0. The van der Waals surface area contributed by atoms with Crippen molar-refractivity contribution in [3.8, 4) is 0 Å². The zero-order chi connectivity index (χ0) is 14.5. The van der Waals surface area contributed by atoms with E-state index >= 15 is 0 Å². The van der Waals surface area contributed by atoms with Crippen molar-refractivity contribution in [1.82, 2.24) is 0 Å².